The van der Waals surface area contributed by atoms with Gasteiger partial charge in [0.15, 0.2) is 0 Å². The van der Waals surface area contributed by atoms with Gasteiger partial charge >= 0.3 is 5.97 Å². The number of aliphatic carboxylic acids is 1. The van der Waals surface area contributed by atoms with Crippen molar-refractivity contribution in [2.75, 3.05) is 6.54 Å². The molecule has 0 fully saturated rings. The van der Waals surface area contributed by atoms with Crippen LogP contribution in [0, 0.1) is 6.92 Å². The molecular weight excluding hydrogens is 334 g/mol. The summed E-state index contributed by atoms with van der Waals surface area (Å²) in [6, 6.07) is 9.87. The maximum atomic E-state index is 11.1. The van der Waals surface area contributed by atoms with Crippen LogP contribution in [-0.2, 0) is 24.9 Å². The summed E-state index contributed by atoms with van der Waals surface area (Å²) < 4.78 is 2.79. The van der Waals surface area contributed by atoms with Crippen molar-refractivity contribution in [3.05, 3.63) is 51.8 Å². The number of aryl methyl sites for hydroxylation is 2. The highest BCUT2D eigenvalue weighted by Crippen LogP contribution is 2.15. The van der Waals surface area contributed by atoms with E-state index < -0.39 is 5.97 Å². The topological polar surface area (TPSA) is 58.4 Å². The van der Waals surface area contributed by atoms with Gasteiger partial charge in [0.2, 0.25) is 0 Å². The molecule has 0 radical (unpaired) electrons. The molecule has 1 N–H and O–H groups in total. The van der Waals surface area contributed by atoms with Gasteiger partial charge in [-0.2, -0.15) is 5.10 Å². The molecule has 1 aromatic carbocycles. The van der Waals surface area contributed by atoms with Crippen molar-refractivity contribution < 1.29 is 9.90 Å². The van der Waals surface area contributed by atoms with Crippen LogP contribution in [0.3, 0.4) is 0 Å². The van der Waals surface area contributed by atoms with E-state index in [9.17, 15) is 4.79 Å². The summed E-state index contributed by atoms with van der Waals surface area (Å²) in [5.41, 5.74) is 3.01. The van der Waals surface area contributed by atoms with Gasteiger partial charge in [-0.15, -0.1) is 0 Å². The maximum absolute atomic E-state index is 11.1. The van der Waals surface area contributed by atoms with Crippen LogP contribution in [0.25, 0.3) is 0 Å². The highest BCUT2D eigenvalue weighted by molar-refractivity contribution is 9.10. The highest BCUT2D eigenvalue weighted by atomic mass is 79.9. The first kappa shape index (κ1) is 15.7. The minimum absolute atomic E-state index is 0.0118. The zero-order chi connectivity index (χ0) is 15.4. The summed E-state index contributed by atoms with van der Waals surface area (Å²) in [7, 11) is 1.88. The second-order valence-electron chi connectivity index (χ2n) is 5.07. The van der Waals surface area contributed by atoms with E-state index in [0.29, 0.717) is 13.1 Å². The fourth-order valence-corrected chi connectivity index (χ4v) is 2.64. The fraction of sp³-hybridized carbons (Fsp3) is 0.333. The molecule has 0 aliphatic carbocycles. The molecule has 21 heavy (non-hydrogen) atoms. The summed E-state index contributed by atoms with van der Waals surface area (Å²) in [4.78, 5) is 12.9. The van der Waals surface area contributed by atoms with E-state index in [1.807, 2.05) is 49.2 Å². The molecule has 0 aliphatic heterocycles. The second kappa shape index (κ2) is 6.87. The maximum Gasteiger partial charge on any atom is 0.317 e. The molecule has 0 saturated carbocycles. The van der Waals surface area contributed by atoms with E-state index in [0.717, 1.165) is 21.4 Å². The molecular formula is C15H18BrN3O2. The van der Waals surface area contributed by atoms with E-state index in [1.165, 1.54) is 0 Å². The number of carboxylic acids is 1. The molecule has 1 heterocycles. The number of rotatable bonds is 6. The smallest absolute Gasteiger partial charge is 0.317 e. The number of carboxylic acid groups (broad SMARTS) is 1. The van der Waals surface area contributed by atoms with Crippen molar-refractivity contribution in [1.82, 2.24) is 14.7 Å². The zero-order valence-electron chi connectivity index (χ0n) is 12.1. The van der Waals surface area contributed by atoms with E-state index in [1.54, 1.807) is 4.68 Å². The first-order valence-electron chi connectivity index (χ1n) is 6.62. The highest BCUT2D eigenvalue weighted by Gasteiger charge is 2.13. The standard InChI is InChI=1S/C15H18BrN3O2/c1-11-6-14(17-18(11)2)9-19(10-15(20)21)8-12-4-3-5-13(16)7-12/h3-7H,8-10H2,1-2H3,(H,20,21). The van der Waals surface area contributed by atoms with Crippen molar-refractivity contribution in [2.45, 2.75) is 20.0 Å². The van der Waals surface area contributed by atoms with E-state index in [2.05, 4.69) is 21.0 Å². The molecule has 0 amide bonds. The predicted molar refractivity (Wildman–Crippen MR) is 83.8 cm³/mol. The van der Waals surface area contributed by atoms with Crippen LogP contribution in [-0.4, -0.2) is 32.3 Å². The summed E-state index contributed by atoms with van der Waals surface area (Å²) in [5.74, 6) is -0.836. The second-order valence-corrected chi connectivity index (χ2v) is 5.99. The van der Waals surface area contributed by atoms with Gasteiger partial charge in [0, 0.05) is 30.3 Å². The lowest BCUT2D eigenvalue weighted by atomic mass is 10.2. The summed E-state index contributed by atoms with van der Waals surface area (Å²) in [6.45, 7) is 3.05. The van der Waals surface area contributed by atoms with Gasteiger partial charge in [0.1, 0.15) is 0 Å². The Labute approximate surface area is 132 Å². The number of nitrogens with zero attached hydrogens (tertiary/aromatic N) is 3. The molecule has 0 saturated heterocycles. The monoisotopic (exact) mass is 351 g/mol. The summed E-state index contributed by atoms with van der Waals surface area (Å²) >= 11 is 3.43. The molecule has 5 nitrogen and oxygen atoms in total. The molecule has 6 heteroatoms. The molecule has 0 spiro atoms. The number of carbonyl (C=O) groups is 1. The van der Waals surface area contributed by atoms with Gasteiger partial charge in [-0.25, -0.2) is 0 Å². The van der Waals surface area contributed by atoms with Gasteiger partial charge < -0.3 is 5.11 Å². The average molecular weight is 352 g/mol. The number of halogens is 1. The Morgan fingerprint density at radius 1 is 1.38 bits per heavy atom. The Morgan fingerprint density at radius 3 is 2.71 bits per heavy atom. The largest absolute Gasteiger partial charge is 0.480 e. The number of benzene rings is 1. The van der Waals surface area contributed by atoms with Gasteiger partial charge in [-0.3, -0.25) is 14.4 Å². The van der Waals surface area contributed by atoms with E-state index >= 15 is 0 Å². The molecule has 2 aromatic rings. The molecule has 1 aromatic heterocycles. The quantitative estimate of drug-likeness (QED) is 0.868. The van der Waals surface area contributed by atoms with E-state index in [4.69, 9.17) is 5.11 Å². The summed E-state index contributed by atoms with van der Waals surface area (Å²) in [5, 5.41) is 13.5. The van der Waals surface area contributed by atoms with Crippen LogP contribution in [0.2, 0.25) is 0 Å². The van der Waals surface area contributed by atoms with Crippen LogP contribution >= 0.6 is 15.9 Å². The Kier molecular flexibility index (Phi) is 5.14. The van der Waals surface area contributed by atoms with Crippen LogP contribution in [0.1, 0.15) is 17.0 Å². The minimum atomic E-state index is -0.836. The van der Waals surface area contributed by atoms with Crippen LogP contribution < -0.4 is 0 Å². The predicted octanol–water partition coefficient (Wildman–Crippen LogP) is 2.58. The lowest BCUT2D eigenvalue weighted by Crippen LogP contribution is -2.29. The Morgan fingerprint density at radius 2 is 2.14 bits per heavy atom. The zero-order valence-corrected chi connectivity index (χ0v) is 13.7. The van der Waals surface area contributed by atoms with Gasteiger partial charge in [0.25, 0.3) is 0 Å². The van der Waals surface area contributed by atoms with Crippen molar-refractivity contribution in [1.29, 1.82) is 0 Å². The summed E-state index contributed by atoms with van der Waals surface area (Å²) in [6.07, 6.45) is 0. The third-order valence-electron chi connectivity index (χ3n) is 3.20. The third kappa shape index (κ3) is 4.68. The minimum Gasteiger partial charge on any atom is -0.480 e. The first-order valence-corrected chi connectivity index (χ1v) is 7.41. The average Bonchev–Trinajstić information content (AvgIpc) is 2.67. The van der Waals surface area contributed by atoms with Gasteiger partial charge in [-0.05, 0) is 30.7 Å². The van der Waals surface area contributed by atoms with Crippen molar-refractivity contribution in [3.63, 3.8) is 0 Å². The number of hydrogen-bond acceptors (Lipinski definition) is 3. The van der Waals surface area contributed by atoms with Gasteiger partial charge in [0.05, 0.1) is 12.2 Å². The van der Waals surface area contributed by atoms with Crippen LogP contribution in [0.15, 0.2) is 34.8 Å². The Balaban J connectivity index is 2.12. The van der Waals surface area contributed by atoms with E-state index in [-0.39, 0.29) is 6.54 Å². The van der Waals surface area contributed by atoms with Crippen molar-refractivity contribution in [2.24, 2.45) is 7.05 Å². The molecule has 2 rings (SSSR count). The molecule has 0 aliphatic rings. The van der Waals surface area contributed by atoms with Crippen LogP contribution in [0.5, 0.6) is 0 Å². The van der Waals surface area contributed by atoms with Crippen molar-refractivity contribution in [3.8, 4) is 0 Å². The van der Waals surface area contributed by atoms with Gasteiger partial charge in [-0.1, -0.05) is 28.1 Å². The number of hydrogen-bond donors (Lipinski definition) is 1. The SMILES string of the molecule is Cc1cc(CN(CC(=O)O)Cc2cccc(Br)c2)nn1C. The molecule has 0 bridgehead atoms. The lowest BCUT2D eigenvalue weighted by Gasteiger charge is -2.19. The van der Waals surface area contributed by atoms with Crippen molar-refractivity contribution >= 4 is 21.9 Å². The first-order chi connectivity index (χ1) is 9.94. The third-order valence-corrected chi connectivity index (χ3v) is 3.70. The molecule has 0 unspecified atom stereocenters. The fourth-order valence-electron chi connectivity index (χ4n) is 2.19. The molecule has 0 atom stereocenters. The van der Waals surface area contributed by atoms with Crippen LogP contribution in [0.4, 0.5) is 0 Å². The molecule has 112 valence electrons. The lowest BCUT2D eigenvalue weighted by molar-refractivity contribution is -0.138. The number of aromatic nitrogens is 2. The Hall–Kier alpha value is -1.66. The normalized spacial score (nSPS) is 11.0. The Bertz CT molecular complexity index is 620.